The molecule has 0 aromatic carbocycles. The fraction of sp³-hybridized carbons (Fsp3) is 0.750. The van der Waals surface area contributed by atoms with E-state index in [1.807, 2.05) is 14.0 Å². The summed E-state index contributed by atoms with van der Waals surface area (Å²) in [6.07, 6.45) is 4.04. The zero-order chi connectivity index (χ0) is 15.9. The molecule has 1 aromatic heterocycles. The molecular formula is C16H29N5S. The Labute approximate surface area is 138 Å². The summed E-state index contributed by atoms with van der Waals surface area (Å²) in [4.78, 5) is 12.6. The molecule has 0 bridgehead atoms. The fourth-order valence-corrected chi connectivity index (χ4v) is 3.81. The molecule has 1 aliphatic rings. The molecule has 2 rings (SSSR count). The maximum absolute atomic E-state index is 4.46. The Hall–Kier alpha value is -1.14. The summed E-state index contributed by atoms with van der Waals surface area (Å²) in [6.45, 7) is 10.5. The summed E-state index contributed by atoms with van der Waals surface area (Å²) < 4.78 is 0. The Balaban J connectivity index is 1.72. The molecule has 0 amide bonds. The van der Waals surface area contributed by atoms with Crippen LogP contribution >= 0.6 is 11.3 Å². The third kappa shape index (κ3) is 4.95. The van der Waals surface area contributed by atoms with E-state index in [1.165, 1.54) is 30.7 Å². The molecule has 0 spiro atoms. The van der Waals surface area contributed by atoms with Gasteiger partial charge >= 0.3 is 0 Å². The van der Waals surface area contributed by atoms with Crippen LogP contribution in [0.3, 0.4) is 0 Å². The molecule has 0 aliphatic carbocycles. The molecular weight excluding hydrogens is 294 g/mol. The number of nitrogens with zero attached hydrogens (tertiary/aromatic N) is 3. The van der Waals surface area contributed by atoms with E-state index in [-0.39, 0.29) is 0 Å². The SMILES string of the molecule is CN=C(NCCN1CCCCC1C)NCc1sc(C)nc1C. The summed E-state index contributed by atoms with van der Waals surface area (Å²) in [6, 6.07) is 0.716. The third-order valence-electron chi connectivity index (χ3n) is 4.27. The largest absolute Gasteiger partial charge is 0.355 e. The molecule has 1 unspecified atom stereocenters. The zero-order valence-electron chi connectivity index (χ0n) is 14.3. The first kappa shape index (κ1) is 17.2. The predicted molar refractivity (Wildman–Crippen MR) is 94.7 cm³/mol. The number of guanidine groups is 1. The molecule has 0 radical (unpaired) electrons. The molecule has 1 atom stereocenters. The average Bonchev–Trinajstić information content (AvgIpc) is 2.82. The number of aryl methyl sites for hydroxylation is 2. The van der Waals surface area contributed by atoms with Crippen LogP contribution in [0.1, 0.15) is 41.8 Å². The highest BCUT2D eigenvalue weighted by Gasteiger charge is 2.17. The normalized spacial score (nSPS) is 20.2. The summed E-state index contributed by atoms with van der Waals surface area (Å²) in [5.41, 5.74) is 1.12. The van der Waals surface area contributed by atoms with Crippen LogP contribution in [-0.2, 0) is 6.54 Å². The third-order valence-corrected chi connectivity index (χ3v) is 5.34. The van der Waals surface area contributed by atoms with Crippen LogP contribution in [0.4, 0.5) is 0 Å². The molecule has 124 valence electrons. The number of aromatic nitrogens is 1. The van der Waals surface area contributed by atoms with Crippen LogP contribution in [0.2, 0.25) is 0 Å². The van der Waals surface area contributed by atoms with Gasteiger partial charge < -0.3 is 10.6 Å². The second kappa shape index (κ2) is 8.48. The number of aliphatic imine (C=N–C) groups is 1. The standard InChI is InChI=1S/C16H29N5S/c1-12-7-5-6-9-21(12)10-8-18-16(17-4)19-11-15-13(2)20-14(3)22-15/h12H,5-11H2,1-4H3,(H2,17,18,19). The lowest BCUT2D eigenvalue weighted by Gasteiger charge is -2.33. The van der Waals surface area contributed by atoms with Crippen molar-refractivity contribution in [2.75, 3.05) is 26.7 Å². The lowest BCUT2D eigenvalue weighted by Crippen LogP contribution is -2.45. The lowest BCUT2D eigenvalue weighted by atomic mass is 10.0. The minimum absolute atomic E-state index is 0.716. The second-order valence-corrected chi connectivity index (χ2v) is 7.26. The van der Waals surface area contributed by atoms with Gasteiger partial charge in [0, 0.05) is 31.1 Å². The Morgan fingerprint density at radius 2 is 2.18 bits per heavy atom. The van der Waals surface area contributed by atoms with Gasteiger partial charge in [0.15, 0.2) is 5.96 Å². The van der Waals surface area contributed by atoms with Crippen molar-refractivity contribution in [1.82, 2.24) is 20.5 Å². The van der Waals surface area contributed by atoms with Crippen LogP contribution in [0.15, 0.2) is 4.99 Å². The average molecular weight is 324 g/mol. The van der Waals surface area contributed by atoms with Gasteiger partial charge in [0.25, 0.3) is 0 Å². The van der Waals surface area contributed by atoms with Crippen LogP contribution in [0, 0.1) is 13.8 Å². The number of hydrogen-bond donors (Lipinski definition) is 2. The monoisotopic (exact) mass is 323 g/mol. The number of rotatable bonds is 5. The highest BCUT2D eigenvalue weighted by molar-refractivity contribution is 7.11. The van der Waals surface area contributed by atoms with Gasteiger partial charge in [-0.15, -0.1) is 11.3 Å². The van der Waals surface area contributed by atoms with Crippen molar-refractivity contribution in [1.29, 1.82) is 0 Å². The molecule has 1 aromatic rings. The molecule has 22 heavy (non-hydrogen) atoms. The Bertz CT molecular complexity index is 497. The summed E-state index contributed by atoms with van der Waals surface area (Å²) in [5, 5.41) is 7.92. The zero-order valence-corrected chi connectivity index (χ0v) is 15.1. The maximum Gasteiger partial charge on any atom is 0.191 e. The van der Waals surface area contributed by atoms with Crippen molar-refractivity contribution in [3.8, 4) is 0 Å². The predicted octanol–water partition coefficient (Wildman–Crippen LogP) is 2.30. The summed E-state index contributed by atoms with van der Waals surface area (Å²) in [7, 11) is 1.82. The lowest BCUT2D eigenvalue weighted by molar-refractivity contribution is 0.163. The van der Waals surface area contributed by atoms with Crippen LogP contribution < -0.4 is 10.6 Å². The quantitative estimate of drug-likeness (QED) is 0.645. The molecule has 5 nitrogen and oxygen atoms in total. The van der Waals surface area contributed by atoms with E-state index in [0.29, 0.717) is 6.04 Å². The van der Waals surface area contributed by atoms with E-state index in [9.17, 15) is 0 Å². The first-order valence-corrected chi connectivity index (χ1v) is 9.03. The summed E-state index contributed by atoms with van der Waals surface area (Å²) in [5.74, 6) is 0.870. The first-order valence-electron chi connectivity index (χ1n) is 8.21. The minimum atomic E-state index is 0.716. The van der Waals surface area contributed by atoms with E-state index in [1.54, 1.807) is 11.3 Å². The number of hydrogen-bond acceptors (Lipinski definition) is 4. The van der Waals surface area contributed by atoms with Crippen LogP contribution in [0.25, 0.3) is 0 Å². The Morgan fingerprint density at radius 3 is 2.82 bits per heavy atom. The molecule has 1 aliphatic heterocycles. The number of likely N-dealkylation sites (tertiary alicyclic amines) is 1. The molecule has 1 fully saturated rings. The molecule has 2 N–H and O–H groups in total. The van der Waals surface area contributed by atoms with Crippen molar-refractivity contribution >= 4 is 17.3 Å². The fourth-order valence-electron chi connectivity index (χ4n) is 2.93. The first-order chi connectivity index (χ1) is 10.6. The van der Waals surface area contributed by atoms with E-state index >= 15 is 0 Å². The Morgan fingerprint density at radius 1 is 1.36 bits per heavy atom. The van der Waals surface area contributed by atoms with Gasteiger partial charge in [-0.3, -0.25) is 9.89 Å². The van der Waals surface area contributed by atoms with Gasteiger partial charge in [-0.05, 0) is 40.2 Å². The smallest absolute Gasteiger partial charge is 0.191 e. The molecule has 2 heterocycles. The van der Waals surface area contributed by atoms with Crippen molar-refractivity contribution in [2.24, 2.45) is 4.99 Å². The van der Waals surface area contributed by atoms with Crippen molar-refractivity contribution in [3.05, 3.63) is 15.6 Å². The molecule has 6 heteroatoms. The van der Waals surface area contributed by atoms with E-state index in [4.69, 9.17) is 0 Å². The van der Waals surface area contributed by atoms with Gasteiger partial charge in [-0.2, -0.15) is 0 Å². The minimum Gasteiger partial charge on any atom is -0.355 e. The van der Waals surface area contributed by atoms with Gasteiger partial charge in [0.1, 0.15) is 0 Å². The highest BCUT2D eigenvalue weighted by Crippen LogP contribution is 2.16. The van der Waals surface area contributed by atoms with Gasteiger partial charge in [-0.25, -0.2) is 4.98 Å². The van der Waals surface area contributed by atoms with Crippen molar-refractivity contribution in [2.45, 2.75) is 52.6 Å². The number of thiazole rings is 1. The molecule has 0 saturated carbocycles. The van der Waals surface area contributed by atoms with E-state index in [0.717, 1.165) is 36.3 Å². The van der Waals surface area contributed by atoms with Gasteiger partial charge in [0.2, 0.25) is 0 Å². The number of piperidine rings is 1. The highest BCUT2D eigenvalue weighted by atomic mass is 32.1. The van der Waals surface area contributed by atoms with Gasteiger partial charge in [-0.1, -0.05) is 6.42 Å². The topological polar surface area (TPSA) is 52.6 Å². The second-order valence-electron chi connectivity index (χ2n) is 5.97. The van der Waals surface area contributed by atoms with Crippen LogP contribution in [0.5, 0.6) is 0 Å². The van der Waals surface area contributed by atoms with Crippen molar-refractivity contribution < 1.29 is 0 Å². The Kier molecular flexibility index (Phi) is 6.64. The van der Waals surface area contributed by atoms with E-state index < -0.39 is 0 Å². The number of nitrogens with one attached hydrogen (secondary N) is 2. The maximum atomic E-state index is 4.46. The van der Waals surface area contributed by atoms with Crippen LogP contribution in [-0.4, -0.2) is 48.6 Å². The molecule has 1 saturated heterocycles. The summed E-state index contributed by atoms with van der Waals surface area (Å²) >= 11 is 1.75. The van der Waals surface area contributed by atoms with Crippen molar-refractivity contribution in [3.63, 3.8) is 0 Å². The van der Waals surface area contributed by atoms with Gasteiger partial charge in [0.05, 0.1) is 17.2 Å². The van der Waals surface area contributed by atoms with E-state index in [2.05, 4.69) is 39.4 Å².